The maximum Gasteiger partial charge on any atom is 0.0327 e. The smallest absolute Gasteiger partial charge is 0.0327 e. The van der Waals surface area contributed by atoms with Crippen molar-refractivity contribution in [2.75, 3.05) is 7.05 Å². The van der Waals surface area contributed by atoms with E-state index in [4.69, 9.17) is 0 Å². The lowest BCUT2D eigenvalue weighted by Crippen LogP contribution is -2.25. The largest absolute Gasteiger partial charge is 0.313 e. The summed E-state index contributed by atoms with van der Waals surface area (Å²) in [6.45, 7) is 2.14. The van der Waals surface area contributed by atoms with Crippen LogP contribution in [0, 0.1) is 6.92 Å². The lowest BCUT2D eigenvalue weighted by Gasteiger charge is -2.33. The van der Waals surface area contributed by atoms with Gasteiger partial charge in [-0.25, -0.2) is 0 Å². The molecule has 2 heteroatoms. The second-order valence-corrected chi connectivity index (χ2v) is 5.41. The molecule has 0 fully saturated rings. The number of nitrogens with one attached hydrogen (secondary N) is 1. The van der Waals surface area contributed by atoms with Gasteiger partial charge >= 0.3 is 0 Å². The molecule has 2 atom stereocenters. The molecule has 0 saturated heterocycles. The minimum Gasteiger partial charge on any atom is -0.313 e. The van der Waals surface area contributed by atoms with Crippen molar-refractivity contribution < 1.29 is 0 Å². The molecule has 1 aromatic heterocycles. The van der Waals surface area contributed by atoms with Crippen LogP contribution in [0.2, 0.25) is 0 Å². The number of benzene rings is 1. The van der Waals surface area contributed by atoms with Crippen LogP contribution >= 0.6 is 0 Å². The molecule has 2 nitrogen and oxygen atoms in total. The van der Waals surface area contributed by atoms with E-state index in [1.54, 1.807) is 0 Å². The van der Waals surface area contributed by atoms with Crippen LogP contribution in [0.15, 0.2) is 42.7 Å². The topological polar surface area (TPSA) is 24.9 Å². The molecule has 0 amide bonds. The first-order valence-corrected chi connectivity index (χ1v) is 6.95. The molecule has 19 heavy (non-hydrogen) atoms. The lowest BCUT2D eigenvalue weighted by molar-refractivity contribution is 0.451. The van der Waals surface area contributed by atoms with Gasteiger partial charge in [0.1, 0.15) is 0 Å². The maximum atomic E-state index is 4.18. The standard InChI is InChI=1S/C17H20N2/c1-12-11-19-8-7-15(12)17(18-2)10-14-9-13-5-3-4-6-16(13)14/h3-8,11,14,17-18H,9-10H2,1-2H3. The lowest BCUT2D eigenvalue weighted by atomic mass is 9.73. The predicted molar refractivity (Wildman–Crippen MR) is 78.3 cm³/mol. The van der Waals surface area contributed by atoms with Crippen LogP contribution in [0.5, 0.6) is 0 Å². The first kappa shape index (κ1) is 12.4. The predicted octanol–water partition coefficient (Wildman–Crippen LogP) is 3.38. The van der Waals surface area contributed by atoms with E-state index in [1.807, 2.05) is 12.4 Å². The molecule has 0 saturated carbocycles. The van der Waals surface area contributed by atoms with Gasteiger partial charge in [0.15, 0.2) is 0 Å². The average molecular weight is 252 g/mol. The second-order valence-electron chi connectivity index (χ2n) is 5.41. The zero-order valence-electron chi connectivity index (χ0n) is 11.6. The van der Waals surface area contributed by atoms with Gasteiger partial charge in [0.2, 0.25) is 0 Å². The molecule has 98 valence electrons. The number of fused-ring (bicyclic) bond motifs is 1. The third-order valence-electron chi connectivity index (χ3n) is 4.27. The summed E-state index contributed by atoms with van der Waals surface area (Å²) < 4.78 is 0. The molecule has 1 aromatic carbocycles. The number of aromatic nitrogens is 1. The summed E-state index contributed by atoms with van der Waals surface area (Å²) in [5.74, 6) is 0.696. The number of hydrogen-bond acceptors (Lipinski definition) is 2. The highest BCUT2D eigenvalue weighted by Gasteiger charge is 2.28. The van der Waals surface area contributed by atoms with Gasteiger partial charge in [-0.15, -0.1) is 0 Å². The van der Waals surface area contributed by atoms with Gasteiger partial charge in [-0.3, -0.25) is 4.98 Å². The van der Waals surface area contributed by atoms with Crippen LogP contribution in [0.3, 0.4) is 0 Å². The average Bonchev–Trinajstić information content (AvgIpc) is 2.42. The third-order valence-corrected chi connectivity index (χ3v) is 4.27. The summed E-state index contributed by atoms with van der Waals surface area (Å²) in [4.78, 5) is 4.18. The van der Waals surface area contributed by atoms with E-state index < -0.39 is 0 Å². The molecule has 2 aromatic rings. The quantitative estimate of drug-likeness (QED) is 0.902. The third kappa shape index (κ3) is 2.28. The fraction of sp³-hybridized carbons (Fsp3) is 0.353. The van der Waals surface area contributed by atoms with Crippen molar-refractivity contribution in [1.29, 1.82) is 0 Å². The van der Waals surface area contributed by atoms with Crippen LogP contribution in [0.25, 0.3) is 0 Å². The molecule has 1 aliphatic carbocycles. The monoisotopic (exact) mass is 252 g/mol. The normalized spacial score (nSPS) is 18.5. The van der Waals surface area contributed by atoms with Crippen molar-refractivity contribution in [3.63, 3.8) is 0 Å². The number of hydrogen-bond donors (Lipinski definition) is 1. The van der Waals surface area contributed by atoms with Crippen LogP contribution in [-0.4, -0.2) is 12.0 Å². The Morgan fingerprint density at radius 2 is 2.16 bits per heavy atom. The maximum absolute atomic E-state index is 4.18. The molecule has 1 heterocycles. The minimum atomic E-state index is 0.418. The van der Waals surface area contributed by atoms with E-state index >= 15 is 0 Å². The van der Waals surface area contributed by atoms with Gasteiger partial charge in [0.25, 0.3) is 0 Å². The van der Waals surface area contributed by atoms with Crippen LogP contribution in [0.4, 0.5) is 0 Å². The molecule has 0 radical (unpaired) electrons. The van der Waals surface area contributed by atoms with Crippen molar-refractivity contribution in [1.82, 2.24) is 10.3 Å². The summed E-state index contributed by atoms with van der Waals surface area (Å²) in [6, 6.07) is 11.4. The van der Waals surface area contributed by atoms with Gasteiger partial charge in [-0.05, 0) is 61.1 Å². The van der Waals surface area contributed by atoms with Crippen molar-refractivity contribution in [3.05, 3.63) is 65.0 Å². The van der Waals surface area contributed by atoms with E-state index in [0.717, 1.165) is 0 Å². The number of rotatable bonds is 4. The van der Waals surface area contributed by atoms with Crippen molar-refractivity contribution >= 4 is 0 Å². The highest BCUT2D eigenvalue weighted by Crippen LogP contribution is 2.40. The Morgan fingerprint density at radius 1 is 1.32 bits per heavy atom. The van der Waals surface area contributed by atoms with Gasteiger partial charge < -0.3 is 5.32 Å². The van der Waals surface area contributed by atoms with Crippen LogP contribution < -0.4 is 5.32 Å². The van der Waals surface area contributed by atoms with E-state index in [2.05, 4.69) is 54.6 Å². The molecule has 0 aliphatic heterocycles. The molecule has 1 aliphatic rings. The van der Waals surface area contributed by atoms with Gasteiger partial charge in [0, 0.05) is 18.4 Å². The summed E-state index contributed by atoms with van der Waals surface area (Å²) >= 11 is 0. The number of nitrogens with zero attached hydrogens (tertiary/aromatic N) is 1. The Balaban J connectivity index is 1.78. The Kier molecular flexibility index (Phi) is 3.34. The van der Waals surface area contributed by atoms with Crippen molar-refractivity contribution in [2.45, 2.75) is 31.7 Å². The summed E-state index contributed by atoms with van der Waals surface area (Å²) in [7, 11) is 2.05. The first-order valence-electron chi connectivity index (χ1n) is 6.95. The Labute approximate surface area is 114 Å². The summed E-state index contributed by atoms with van der Waals surface area (Å²) in [5.41, 5.74) is 5.71. The Hall–Kier alpha value is -1.67. The molecular weight excluding hydrogens is 232 g/mol. The van der Waals surface area contributed by atoms with E-state index in [1.165, 1.54) is 35.1 Å². The van der Waals surface area contributed by atoms with E-state index in [-0.39, 0.29) is 0 Å². The van der Waals surface area contributed by atoms with Gasteiger partial charge in [-0.1, -0.05) is 24.3 Å². The van der Waals surface area contributed by atoms with Gasteiger partial charge in [-0.2, -0.15) is 0 Å². The fourth-order valence-corrected chi connectivity index (χ4v) is 3.13. The molecule has 3 rings (SSSR count). The molecule has 0 spiro atoms. The Morgan fingerprint density at radius 3 is 2.89 bits per heavy atom. The van der Waals surface area contributed by atoms with Gasteiger partial charge in [0.05, 0.1) is 0 Å². The Bertz CT molecular complexity index is 577. The molecule has 0 bridgehead atoms. The molecule has 1 N–H and O–H groups in total. The highest BCUT2D eigenvalue weighted by molar-refractivity contribution is 5.40. The van der Waals surface area contributed by atoms with Crippen LogP contribution in [0.1, 0.15) is 40.6 Å². The molecule has 2 unspecified atom stereocenters. The zero-order valence-corrected chi connectivity index (χ0v) is 11.6. The van der Waals surface area contributed by atoms with E-state index in [9.17, 15) is 0 Å². The zero-order chi connectivity index (χ0) is 13.2. The summed E-state index contributed by atoms with van der Waals surface area (Å²) in [5, 5.41) is 3.46. The first-order chi connectivity index (χ1) is 9.29. The SMILES string of the molecule is CNC(CC1Cc2ccccc21)c1ccncc1C. The second kappa shape index (κ2) is 5.14. The number of aryl methyl sites for hydroxylation is 1. The van der Waals surface area contributed by atoms with Crippen molar-refractivity contribution in [2.24, 2.45) is 0 Å². The van der Waals surface area contributed by atoms with Crippen LogP contribution in [-0.2, 0) is 6.42 Å². The highest BCUT2D eigenvalue weighted by atomic mass is 14.9. The minimum absolute atomic E-state index is 0.418. The number of pyridine rings is 1. The fourth-order valence-electron chi connectivity index (χ4n) is 3.13. The van der Waals surface area contributed by atoms with E-state index in [0.29, 0.717) is 12.0 Å². The van der Waals surface area contributed by atoms with Crippen molar-refractivity contribution in [3.8, 4) is 0 Å². The summed E-state index contributed by atoms with van der Waals surface area (Å²) in [6.07, 6.45) is 6.23. The molecular formula is C17H20N2.